The molecular weight excluding hydrogens is 781 g/mol. The number of esters is 3. The van der Waals surface area contributed by atoms with Gasteiger partial charge in [0, 0.05) is 19.3 Å². The molecule has 6 nitrogen and oxygen atoms in total. The van der Waals surface area contributed by atoms with Gasteiger partial charge in [-0.1, -0.05) is 236 Å². The van der Waals surface area contributed by atoms with Crippen LogP contribution in [-0.2, 0) is 28.6 Å². The zero-order valence-electron chi connectivity index (χ0n) is 41.8. The predicted octanol–water partition coefficient (Wildman–Crippen LogP) is 17.9. The maximum atomic E-state index is 12.8. The SMILES string of the molecule is CC/C=C\C/C=C\C/C=C\CCCC(=O)OCC(COC(=O)CCCCCCCCC/C=C\CCCCCCCC)OC(=O)CCCCCCCCCCCCCCCCCCC. The third-order valence-electron chi connectivity index (χ3n) is 11.8. The number of allylic oxidation sites excluding steroid dienone is 8. The Labute approximate surface area is 390 Å². The van der Waals surface area contributed by atoms with Crippen molar-refractivity contribution in [2.24, 2.45) is 0 Å². The van der Waals surface area contributed by atoms with Crippen LogP contribution in [0.25, 0.3) is 0 Å². The molecule has 0 aliphatic heterocycles. The van der Waals surface area contributed by atoms with Gasteiger partial charge in [-0.3, -0.25) is 14.4 Å². The Hall–Kier alpha value is -2.63. The third kappa shape index (κ3) is 50.2. The Kier molecular flexibility index (Phi) is 49.8. The van der Waals surface area contributed by atoms with Crippen LogP contribution in [0, 0.1) is 0 Å². The molecule has 0 saturated carbocycles. The van der Waals surface area contributed by atoms with Gasteiger partial charge in [-0.25, -0.2) is 0 Å². The predicted molar refractivity (Wildman–Crippen MR) is 270 cm³/mol. The first-order valence-corrected chi connectivity index (χ1v) is 27.1. The van der Waals surface area contributed by atoms with Gasteiger partial charge in [0.2, 0.25) is 0 Å². The first-order chi connectivity index (χ1) is 31.0. The van der Waals surface area contributed by atoms with E-state index in [4.69, 9.17) is 14.2 Å². The summed E-state index contributed by atoms with van der Waals surface area (Å²) in [6.45, 7) is 6.49. The standard InChI is InChI=1S/C57H102O6/c1-4-7-10-13-16-19-22-24-26-28-30-32-35-38-41-44-47-50-56(59)62-53-54(52-61-55(58)49-46-43-40-37-34-21-18-15-12-9-6-3)63-57(60)51-48-45-42-39-36-33-31-29-27-25-23-20-17-14-11-8-5-2/h9,12,18,21,24,26,37,40,54H,4-8,10-11,13-17,19-20,22-23,25,27-36,38-39,41-53H2,1-3H3/b12-9-,21-18-,26-24-,40-37-. The second-order valence-corrected chi connectivity index (χ2v) is 18.1. The lowest BCUT2D eigenvalue weighted by atomic mass is 10.0. The summed E-state index contributed by atoms with van der Waals surface area (Å²) >= 11 is 0. The Balaban J connectivity index is 4.35. The fraction of sp³-hybridized carbons (Fsp3) is 0.807. The summed E-state index contributed by atoms with van der Waals surface area (Å²) in [5.74, 6) is -0.938. The van der Waals surface area contributed by atoms with Crippen molar-refractivity contribution in [3.63, 3.8) is 0 Å². The monoisotopic (exact) mass is 883 g/mol. The average molecular weight is 883 g/mol. The first-order valence-electron chi connectivity index (χ1n) is 27.1. The van der Waals surface area contributed by atoms with E-state index in [0.717, 1.165) is 64.2 Å². The molecule has 0 aromatic heterocycles. The van der Waals surface area contributed by atoms with Crippen LogP contribution >= 0.6 is 0 Å². The number of carbonyl (C=O) groups excluding carboxylic acids is 3. The second kappa shape index (κ2) is 52.0. The van der Waals surface area contributed by atoms with E-state index in [1.54, 1.807) is 0 Å². The first kappa shape index (κ1) is 60.4. The van der Waals surface area contributed by atoms with Crippen molar-refractivity contribution < 1.29 is 28.6 Å². The minimum Gasteiger partial charge on any atom is -0.462 e. The van der Waals surface area contributed by atoms with E-state index in [2.05, 4.69) is 69.4 Å². The molecule has 0 aliphatic carbocycles. The van der Waals surface area contributed by atoms with E-state index in [0.29, 0.717) is 19.3 Å². The molecule has 0 N–H and O–H groups in total. The van der Waals surface area contributed by atoms with E-state index in [1.165, 1.54) is 167 Å². The molecule has 0 aromatic rings. The quantitative estimate of drug-likeness (QED) is 0.0262. The summed E-state index contributed by atoms with van der Waals surface area (Å²) < 4.78 is 16.8. The lowest BCUT2D eigenvalue weighted by Crippen LogP contribution is -2.30. The van der Waals surface area contributed by atoms with Crippen LogP contribution in [-0.4, -0.2) is 37.2 Å². The molecule has 0 rings (SSSR count). The molecule has 1 atom stereocenters. The molecule has 366 valence electrons. The van der Waals surface area contributed by atoms with Crippen molar-refractivity contribution in [3.8, 4) is 0 Å². The zero-order valence-corrected chi connectivity index (χ0v) is 41.8. The molecule has 0 saturated heterocycles. The van der Waals surface area contributed by atoms with E-state index < -0.39 is 6.10 Å². The van der Waals surface area contributed by atoms with E-state index in [1.807, 2.05) is 0 Å². The number of unbranched alkanes of at least 4 members (excludes halogenated alkanes) is 30. The Morgan fingerprint density at radius 1 is 0.333 bits per heavy atom. The molecule has 0 amide bonds. The van der Waals surface area contributed by atoms with Crippen LogP contribution < -0.4 is 0 Å². The molecule has 63 heavy (non-hydrogen) atoms. The van der Waals surface area contributed by atoms with Crippen molar-refractivity contribution in [1.29, 1.82) is 0 Å². The fourth-order valence-corrected chi connectivity index (χ4v) is 7.76. The topological polar surface area (TPSA) is 78.9 Å². The van der Waals surface area contributed by atoms with Crippen LogP contribution in [0.2, 0.25) is 0 Å². The minimum atomic E-state index is -0.791. The number of carbonyl (C=O) groups is 3. The summed E-state index contributed by atoms with van der Waals surface area (Å²) in [7, 11) is 0. The number of hydrogen-bond acceptors (Lipinski definition) is 6. The van der Waals surface area contributed by atoms with Crippen LogP contribution in [0.3, 0.4) is 0 Å². The highest BCUT2D eigenvalue weighted by atomic mass is 16.6. The number of ether oxygens (including phenoxy) is 3. The van der Waals surface area contributed by atoms with Crippen molar-refractivity contribution >= 4 is 17.9 Å². The van der Waals surface area contributed by atoms with Crippen LogP contribution in [0.5, 0.6) is 0 Å². The van der Waals surface area contributed by atoms with Crippen LogP contribution in [0.1, 0.15) is 278 Å². The van der Waals surface area contributed by atoms with Crippen molar-refractivity contribution in [1.82, 2.24) is 0 Å². The molecule has 1 unspecified atom stereocenters. The van der Waals surface area contributed by atoms with Crippen molar-refractivity contribution in [3.05, 3.63) is 48.6 Å². The average Bonchev–Trinajstić information content (AvgIpc) is 3.28. The molecule has 0 aliphatic rings. The smallest absolute Gasteiger partial charge is 0.306 e. The van der Waals surface area contributed by atoms with Crippen LogP contribution in [0.4, 0.5) is 0 Å². The minimum absolute atomic E-state index is 0.0885. The normalized spacial score (nSPS) is 12.4. The summed E-state index contributed by atoms with van der Waals surface area (Å²) in [6, 6.07) is 0. The highest BCUT2D eigenvalue weighted by molar-refractivity contribution is 5.71. The molecule has 0 heterocycles. The molecule has 0 bridgehead atoms. The molecule has 6 heteroatoms. The Morgan fingerprint density at radius 3 is 1.05 bits per heavy atom. The van der Waals surface area contributed by atoms with Crippen molar-refractivity contribution in [2.45, 2.75) is 284 Å². The highest BCUT2D eigenvalue weighted by Gasteiger charge is 2.19. The van der Waals surface area contributed by atoms with Gasteiger partial charge >= 0.3 is 17.9 Å². The van der Waals surface area contributed by atoms with E-state index in [9.17, 15) is 14.4 Å². The van der Waals surface area contributed by atoms with Gasteiger partial charge in [-0.05, 0) is 70.6 Å². The van der Waals surface area contributed by atoms with Gasteiger partial charge < -0.3 is 14.2 Å². The van der Waals surface area contributed by atoms with E-state index in [-0.39, 0.29) is 37.5 Å². The van der Waals surface area contributed by atoms with Gasteiger partial charge in [0.15, 0.2) is 6.10 Å². The second-order valence-electron chi connectivity index (χ2n) is 18.1. The maximum absolute atomic E-state index is 12.8. The molecular formula is C57H102O6. The molecule has 0 spiro atoms. The van der Waals surface area contributed by atoms with Crippen LogP contribution in [0.15, 0.2) is 48.6 Å². The summed E-state index contributed by atoms with van der Waals surface area (Å²) in [6.07, 6.45) is 62.5. The number of rotatable bonds is 49. The summed E-state index contributed by atoms with van der Waals surface area (Å²) in [4.78, 5) is 38.0. The van der Waals surface area contributed by atoms with E-state index >= 15 is 0 Å². The third-order valence-corrected chi connectivity index (χ3v) is 11.8. The highest BCUT2D eigenvalue weighted by Crippen LogP contribution is 2.16. The zero-order chi connectivity index (χ0) is 45.8. The maximum Gasteiger partial charge on any atom is 0.306 e. The molecule has 0 radical (unpaired) electrons. The van der Waals surface area contributed by atoms with Gasteiger partial charge in [0.1, 0.15) is 13.2 Å². The van der Waals surface area contributed by atoms with Gasteiger partial charge in [-0.2, -0.15) is 0 Å². The lowest BCUT2D eigenvalue weighted by molar-refractivity contribution is -0.167. The Bertz CT molecular complexity index is 1110. The molecule has 0 fully saturated rings. The Morgan fingerprint density at radius 2 is 0.635 bits per heavy atom. The lowest BCUT2D eigenvalue weighted by Gasteiger charge is -2.18. The summed E-state index contributed by atoms with van der Waals surface area (Å²) in [5.41, 5.74) is 0. The fourth-order valence-electron chi connectivity index (χ4n) is 7.76. The number of hydrogen-bond donors (Lipinski definition) is 0. The molecule has 0 aromatic carbocycles. The van der Waals surface area contributed by atoms with Crippen molar-refractivity contribution in [2.75, 3.05) is 13.2 Å². The van der Waals surface area contributed by atoms with Gasteiger partial charge in [0.25, 0.3) is 0 Å². The summed E-state index contributed by atoms with van der Waals surface area (Å²) in [5, 5.41) is 0. The van der Waals surface area contributed by atoms with Gasteiger partial charge in [0.05, 0.1) is 0 Å². The largest absolute Gasteiger partial charge is 0.462 e. The van der Waals surface area contributed by atoms with Gasteiger partial charge in [-0.15, -0.1) is 0 Å².